The summed E-state index contributed by atoms with van der Waals surface area (Å²) in [5, 5.41) is 3.42. The Kier molecular flexibility index (Phi) is 5.07. The summed E-state index contributed by atoms with van der Waals surface area (Å²) in [5.41, 5.74) is 7.77. The molecule has 1 unspecified atom stereocenters. The van der Waals surface area contributed by atoms with Crippen LogP contribution in [0.3, 0.4) is 0 Å². The van der Waals surface area contributed by atoms with Crippen molar-refractivity contribution < 1.29 is 4.74 Å². The molecule has 0 radical (unpaired) electrons. The summed E-state index contributed by atoms with van der Waals surface area (Å²) >= 11 is 1.82. The van der Waals surface area contributed by atoms with Crippen molar-refractivity contribution in [2.24, 2.45) is 0 Å². The van der Waals surface area contributed by atoms with Crippen molar-refractivity contribution >= 4 is 22.8 Å². The fraction of sp³-hybridized carbons (Fsp3) is 0.438. The number of rotatable bonds is 6. The monoisotopic (exact) mass is 305 g/mol. The van der Waals surface area contributed by atoms with Crippen LogP contribution in [-0.2, 0) is 0 Å². The van der Waals surface area contributed by atoms with Crippen LogP contribution in [0.1, 0.15) is 41.6 Å². The zero-order chi connectivity index (χ0) is 15.4. The molecular weight excluding hydrogens is 282 g/mol. The fourth-order valence-corrected chi connectivity index (χ4v) is 3.25. The van der Waals surface area contributed by atoms with Crippen molar-refractivity contribution in [3.8, 4) is 5.88 Å². The van der Waals surface area contributed by atoms with Gasteiger partial charge in [-0.25, -0.2) is 0 Å². The number of thiophene rings is 1. The van der Waals surface area contributed by atoms with E-state index in [0.29, 0.717) is 18.2 Å². The molecule has 114 valence electrons. The maximum Gasteiger partial charge on any atom is 0.239 e. The van der Waals surface area contributed by atoms with Gasteiger partial charge in [0.15, 0.2) is 0 Å². The molecule has 2 aromatic heterocycles. The highest BCUT2D eigenvalue weighted by atomic mass is 32.1. The summed E-state index contributed by atoms with van der Waals surface area (Å²) in [6, 6.07) is 6.15. The Labute approximate surface area is 130 Å². The number of hydrogen-bond acceptors (Lipinski definition) is 5. The number of ether oxygens (including phenoxy) is 1. The van der Waals surface area contributed by atoms with Crippen molar-refractivity contribution in [1.29, 1.82) is 0 Å². The first-order valence-electron chi connectivity index (χ1n) is 7.24. The first-order valence-corrected chi connectivity index (χ1v) is 8.05. The molecular formula is C16H23N3OS. The van der Waals surface area contributed by atoms with Crippen LogP contribution in [0.5, 0.6) is 5.88 Å². The molecule has 0 fully saturated rings. The zero-order valence-corrected chi connectivity index (χ0v) is 13.9. The van der Waals surface area contributed by atoms with Crippen molar-refractivity contribution in [2.75, 3.05) is 17.7 Å². The highest BCUT2D eigenvalue weighted by Crippen LogP contribution is 2.29. The normalized spacial score (nSPS) is 12.2. The second-order valence-corrected chi connectivity index (χ2v) is 6.63. The second-order valence-electron chi connectivity index (χ2n) is 5.17. The van der Waals surface area contributed by atoms with Crippen molar-refractivity contribution in [1.82, 2.24) is 4.98 Å². The lowest BCUT2D eigenvalue weighted by Crippen LogP contribution is -2.09. The Morgan fingerprint density at radius 3 is 2.76 bits per heavy atom. The molecule has 0 aliphatic carbocycles. The number of hydrogen-bond donors (Lipinski definition) is 2. The summed E-state index contributed by atoms with van der Waals surface area (Å²) in [6.45, 7) is 9.10. The third-order valence-electron chi connectivity index (χ3n) is 3.24. The molecule has 5 heteroatoms. The van der Waals surface area contributed by atoms with E-state index >= 15 is 0 Å². The maximum atomic E-state index is 5.89. The van der Waals surface area contributed by atoms with E-state index in [9.17, 15) is 0 Å². The number of nitrogens with zero attached hydrogens (tertiary/aromatic N) is 1. The summed E-state index contributed by atoms with van der Waals surface area (Å²) < 4.78 is 5.57. The topological polar surface area (TPSA) is 60.2 Å². The van der Waals surface area contributed by atoms with Crippen LogP contribution in [0.2, 0.25) is 0 Å². The average Bonchev–Trinajstić information content (AvgIpc) is 2.78. The molecule has 0 aliphatic rings. The van der Waals surface area contributed by atoms with Crippen molar-refractivity contribution in [3.63, 3.8) is 0 Å². The van der Waals surface area contributed by atoms with Gasteiger partial charge in [0.25, 0.3) is 0 Å². The Hall–Kier alpha value is -1.75. The Morgan fingerprint density at radius 1 is 1.38 bits per heavy atom. The molecule has 0 amide bonds. The Morgan fingerprint density at radius 2 is 2.14 bits per heavy atom. The van der Waals surface area contributed by atoms with Crippen LogP contribution in [0.4, 0.5) is 11.5 Å². The molecule has 0 saturated carbocycles. The van der Waals surface area contributed by atoms with Crippen LogP contribution in [-0.4, -0.2) is 11.6 Å². The van der Waals surface area contributed by atoms with Crippen molar-refractivity contribution in [3.05, 3.63) is 33.5 Å². The molecule has 0 aromatic carbocycles. The molecule has 0 spiro atoms. The minimum absolute atomic E-state index is 0.199. The van der Waals surface area contributed by atoms with Crippen LogP contribution < -0.4 is 15.8 Å². The molecule has 4 nitrogen and oxygen atoms in total. The molecule has 2 aromatic rings. The first kappa shape index (κ1) is 15.6. The summed E-state index contributed by atoms with van der Waals surface area (Å²) in [4.78, 5) is 7.12. The summed E-state index contributed by atoms with van der Waals surface area (Å²) in [6.07, 6.45) is 0.933. The van der Waals surface area contributed by atoms with E-state index in [-0.39, 0.29) is 6.04 Å². The van der Waals surface area contributed by atoms with Crippen LogP contribution in [0.15, 0.2) is 18.2 Å². The van der Waals surface area contributed by atoms with Gasteiger partial charge < -0.3 is 15.8 Å². The van der Waals surface area contributed by atoms with Gasteiger partial charge in [0.05, 0.1) is 18.3 Å². The van der Waals surface area contributed by atoms with Gasteiger partial charge in [0.1, 0.15) is 5.82 Å². The van der Waals surface area contributed by atoms with Gasteiger partial charge in [-0.2, -0.15) is 4.98 Å². The number of anilines is 2. The van der Waals surface area contributed by atoms with Gasteiger partial charge in [0, 0.05) is 9.75 Å². The summed E-state index contributed by atoms with van der Waals surface area (Å²) in [5.74, 6) is 1.29. The van der Waals surface area contributed by atoms with E-state index in [1.807, 2.05) is 23.5 Å². The highest BCUT2D eigenvalue weighted by Gasteiger charge is 2.12. The van der Waals surface area contributed by atoms with E-state index in [1.165, 1.54) is 15.3 Å². The lowest BCUT2D eigenvalue weighted by molar-refractivity contribution is 0.307. The van der Waals surface area contributed by atoms with Gasteiger partial charge in [0.2, 0.25) is 5.88 Å². The number of nitrogen functional groups attached to an aromatic ring is 1. The lowest BCUT2D eigenvalue weighted by atomic mass is 10.1. The molecule has 3 N–H and O–H groups in total. The number of aromatic nitrogens is 1. The molecule has 2 rings (SSSR count). The molecule has 2 heterocycles. The summed E-state index contributed by atoms with van der Waals surface area (Å²) in [7, 11) is 0. The van der Waals surface area contributed by atoms with Gasteiger partial charge in [-0.1, -0.05) is 6.92 Å². The van der Waals surface area contributed by atoms with Crippen LogP contribution in [0, 0.1) is 13.8 Å². The van der Waals surface area contributed by atoms with Crippen LogP contribution in [0.25, 0.3) is 0 Å². The molecule has 0 aliphatic heterocycles. The largest absolute Gasteiger partial charge is 0.476 e. The Balaban J connectivity index is 2.13. The number of pyridine rings is 1. The number of aryl methyl sites for hydroxylation is 2. The standard InChI is InChI=1S/C16H23N3OS/c1-5-8-20-16-14(17)6-7-15(19-16)18-11(3)13-9-10(2)21-12(13)4/h6-7,9,11H,5,8,17H2,1-4H3,(H,18,19). The predicted molar refractivity (Wildman–Crippen MR) is 90.3 cm³/mol. The Bertz CT molecular complexity index is 610. The third kappa shape index (κ3) is 3.88. The van der Waals surface area contributed by atoms with Crippen molar-refractivity contribution in [2.45, 2.75) is 40.2 Å². The van der Waals surface area contributed by atoms with E-state index in [0.717, 1.165) is 12.2 Å². The SMILES string of the molecule is CCCOc1nc(NC(C)c2cc(C)sc2C)ccc1N. The minimum atomic E-state index is 0.199. The quantitative estimate of drug-likeness (QED) is 0.835. The van der Waals surface area contributed by atoms with Gasteiger partial charge >= 0.3 is 0 Å². The minimum Gasteiger partial charge on any atom is -0.476 e. The second kappa shape index (κ2) is 6.80. The maximum absolute atomic E-state index is 5.89. The molecule has 21 heavy (non-hydrogen) atoms. The first-order chi connectivity index (χ1) is 10.0. The van der Waals surface area contributed by atoms with E-state index in [1.54, 1.807) is 0 Å². The third-order valence-corrected chi connectivity index (χ3v) is 4.22. The molecule has 0 saturated heterocycles. The average molecular weight is 305 g/mol. The lowest BCUT2D eigenvalue weighted by Gasteiger charge is -2.16. The molecule has 0 bridgehead atoms. The van der Waals surface area contributed by atoms with Gasteiger partial charge in [-0.15, -0.1) is 11.3 Å². The number of nitrogens with one attached hydrogen (secondary N) is 1. The predicted octanol–water partition coefficient (Wildman–Crippen LogP) is 4.30. The highest BCUT2D eigenvalue weighted by molar-refractivity contribution is 7.12. The van der Waals surface area contributed by atoms with E-state index in [2.05, 4.69) is 44.1 Å². The van der Waals surface area contributed by atoms with Crippen LogP contribution >= 0.6 is 11.3 Å². The zero-order valence-electron chi connectivity index (χ0n) is 13.1. The van der Waals surface area contributed by atoms with Gasteiger partial charge in [-0.3, -0.25) is 0 Å². The fourth-order valence-electron chi connectivity index (χ4n) is 2.23. The van der Waals surface area contributed by atoms with E-state index in [4.69, 9.17) is 10.5 Å². The smallest absolute Gasteiger partial charge is 0.239 e. The van der Waals surface area contributed by atoms with Gasteiger partial charge in [-0.05, 0) is 51.0 Å². The molecule has 1 atom stereocenters. The van der Waals surface area contributed by atoms with E-state index < -0.39 is 0 Å². The number of nitrogens with two attached hydrogens (primary N) is 1.